The molecular formula is C22H36Cl5N2O3P. The van der Waals surface area contributed by atoms with Gasteiger partial charge in [-0.1, -0.05) is 136 Å². The first-order valence-electron chi connectivity index (χ1n) is 11.7. The number of unbranched alkanes of at least 4 members (excludes halogenated alkanes) is 10. The second-order valence-electron chi connectivity index (χ2n) is 7.95. The molecule has 0 radical (unpaired) electrons. The predicted molar refractivity (Wildman–Crippen MR) is 143 cm³/mol. The van der Waals surface area contributed by atoms with Gasteiger partial charge in [0, 0.05) is 6.20 Å². The molecule has 1 aromatic rings. The molecule has 0 saturated carbocycles. The van der Waals surface area contributed by atoms with Gasteiger partial charge in [0.1, 0.15) is 5.69 Å². The van der Waals surface area contributed by atoms with E-state index >= 15 is 0 Å². The van der Waals surface area contributed by atoms with Crippen LogP contribution in [0.25, 0.3) is 0 Å². The number of alkyl halides is 3. The van der Waals surface area contributed by atoms with E-state index in [9.17, 15) is 4.57 Å². The summed E-state index contributed by atoms with van der Waals surface area (Å²) in [6.07, 6.45) is 14.2. The number of rotatable bonds is 18. The van der Waals surface area contributed by atoms with Crippen LogP contribution in [0.4, 0.5) is 5.69 Å². The van der Waals surface area contributed by atoms with E-state index in [0.717, 1.165) is 38.5 Å². The van der Waals surface area contributed by atoms with Gasteiger partial charge < -0.3 is 0 Å². The lowest BCUT2D eigenvalue weighted by Crippen LogP contribution is -2.11. The third-order valence-corrected chi connectivity index (χ3v) is 7.74. The molecule has 0 aromatic carbocycles. The molecule has 0 atom stereocenters. The SMILES string of the molecule is CCCCCCCCOP(=O)(Nc1c(Cl)cnc(C(Cl)(Cl)Cl)c1Cl)OCCCCCCCC. The van der Waals surface area contributed by atoms with Crippen LogP contribution in [0.5, 0.6) is 0 Å². The molecule has 192 valence electrons. The zero-order valence-corrected chi connectivity index (χ0v) is 24.2. The van der Waals surface area contributed by atoms with Crippen molar-refractivity contribution in [3.63, 3.8) is 0 Å². The first-order valence-corrected chi connectivity index (χ1v) is 15.2. The first-order chi connectivity index (χ1) is 15.6. The summed E-state index contributed by atoms with van der Waals surface area (Å²) in [7, 11) is -3.77. The van der Waals surface area contributed by atoms with E-state index < -0.39 is 11.5 Å². The molecule has 1 heterocycles. The molecule has 0 aliphatic carbocycles. The number of nitrogens with zero attached hydrogens (tertiary/aromatic N) is 1. The molecule has 1 rings (SSSR count). The minimum absolute atomic E-state index is 0.0283. The van der Waals surface area contributed by atoms with Crippen molar-refractivity contribution in [1.29, 1.82) is 0 Å². The van der Waals surface area contributed by atoms with E-state index in [0.29, 0.717) is 0 Å². The van der Waals surface area contributed by atoms with Gasteiger partial charge in [-0.3, -0.25) is 19.1 Å². The highest BCUT2D eigenvalue weighted by Gasteiger charge is 2.33. The van der Waals surface area contributed by atoms with Crippen LogP contribution < -0.4 is 5.09 Å². The summed E-state index contributed by atoms with van der Waals surface area (Å²) in [5.41, 5.74) is 0.0725. The molecule has 0 aliphatic rings. The number of halogens is 5. The minimum atomic E-state index is -3.77. The van der Waals surface area contributed by atoms with Crippen LogP contribution >= 0.6 is 65.8 Å². The molecule has 0 unspecified atom stereocenters. The second-order valence-corrected chi connectivity index (χ2v) is 12.8. The Morgan fingerprint density at radius 1 is 0.848 bits per heavy atom. The Bertz CT molecular complexity index is 713. The standard InChI is InChI=1S/C22H36Cl5N2O3P/c1-3-5-7-9-11-13-15-31-33(30,32-16-14-12-10-8-6-4-2)29-20-18(23)17-28-21(19(20)24)22(25,26)27/h17H,3-16H2,1-2H3,(H,28,29,30). The van der Waals surface area contributed by atoms with Gasteiger partial charge in [0.2, 0.25) is 3.79 Å². The fraction of sp³-hybridized carbons (Fsp3) is 0.773. The number of pyridine rings is 1. The second kappa shape index (κ2) is 17.1. The third kappa shape index (κ3) is 12.9. The van der Waals surface area contributed by atoms with Gasteiger partial charge in [0.25, 0.3) is 0 Å². The van der Waals surface area contributed by atoms with Crippen molar-refractivity contribution in [2.45, 2.75) is 94.7 Å². The van der Waals surface area contributed by atoms with Crippen LogP contribution in [0.3, 0.4) is 0 Å². The largest absolute Gasteiger partial charge is 0.432 e. The highest BCUT2D eigenvalue weighted by molar-refractivity contribution is 7.55. The lowest BCUT2D eigenvalue weighted by molar-refractivity contribution is 0.202. The van der Waals surface area contributed by atoms with E-state index in [1.165, 1.54) is 44.7 Å². The lowest BCUT2D eigenvalue weighted by Gasteiger charge is -2.23. The lowest BCUT2D eigenvalue weighted by atomic mass is 10.1. The molecule has 33 heavy (non-hydrogen) atoms. The highest BCUT2D eigenvalue weighted by Crippen LogP contribution is 2.53. The van der Waals surface area contributed by atoms with Gasteiger partial charge in [-0.05, 0) is 12.8 Å². The topological polar surface area (TPSA) is 60.5 Å². The highest BCUT2D eigenvalue weighted by atomic mass is 35.6. The normalized spacial score (nSPS) is 12.3. The van der Waals surface area contributed by atoms with Gasteiger partial charge in [-0.25, -0.2) is 4.57 Å². The summed E-state index contributed by atoms with van der Waals surface area (Å²) in [5.74, 6) is 0. The molecule has 0 fully saturated rings. The maximum atomic E-state index is 13.5. The Kier molecular flexibility index (Phi) is 16.3. The molecule has 0 spiro atoms. The maximum absolute atomic E-state index is 13.5. The summed E-state index contributed by atoms with van der Waals surface area (Å²) in [6, 6.07) is 0. The maximum Gasteiger partial charge on any atom is 0.432 e. The Morgan fingerprint density at radius 3 is 1.76 bits per heavy atom. The van der Waals surface area contributed by atoms with Gasteiger partial charge in [0.05, 0.1) is 28.9 Å². The Morgan fingerprint density at radius 2 is 1.30 bits per heavy atom. The molecule has 11 heteroatoms. The smallest absolute Gasteiger partial charge is 0.292 e. The van der Waals surface area contributed by atoms with Crippen LogP contribution in [0.1, 0.15) is 96.6 Å². The summed E-state index contributed by atoms with van der Waals surface area (Å²) in [6.45, 7) is 4.92. The van der Waals surface area contributed by atoms with Crippen LogP contribution in [0.2, 0.25) is 10.0 Å². The van der Waals surface area contributed by atoms with E-state index in [2.05, 4.69) is 23.9 Å². The fourth-order valence-electron chi connectivity index (χ4n) is 3.14. The molecule has 0 bridgehead atoms. The summed E-state index contributed by atoms with van der Waals surface area (Å²) in [5, 5.41) is 2.83. The average molecular weight is 585 g/mol. The molecule has 0 saturated heterocycles. The van der Waals surface area contributed by atoms with Crippen LogP contribution in [0, 0.1) is 0 Å². The quantitative estimate of drug-likeness (QED) is 0.106. The summed E-state index contributed by atoms with van der Waals surface area (Å²) < 4.78 is 23.1. The molecule has 0 aliphatic heterocycles. The van der Waals surface area contributed by atoms with E-state index in [1.807, 2.05) is 0 Å². The Hall–Kier alpha value is 0.550. The Balaban J connectivity index is 2.82. The van der Waals surface area contributed by atoms with Gasteiger partial charge >= 0.3 is 7.75 Å². The van der Waals surface area contributed by atoms with E-state index in [4.69, 9.17) is 67.1 Å². The summed E-state index contributed by atoms with van der Waals surface area (Å²) >= 11 is 30.5. The zero-order chi connectivity index (χ0) is 24.7. The van der Waals surface area contributed by atoms with Crippen molar-refractivity contribution < 1.29 is 13.6 Å². The molecule has 0 amide bonds. The van der Waals surface area contributed by atoms with Crippen molar-refractivity contribution in [1.82, 2.24) is 4.98 Å². The fourth-order valence-corrected chi connectivity index (χ4v) is 5.87. The molecular weight excluding hydrogens is 548 g/mol. The minimum Gasteiger partial charge on any atom is -0.292 e. The monoisotopic (exact) mass is 582 g/mol. The number of hydrogen-bond acceptors (Lipinski definition) is 4. The average Bonchev–Trinajstić information content (AvgIpc) is 2.74. The molecule has 1 aromatic heterocycles. The van der Waals surface area contributed by atoms with E-state index in [1.54, 1.807) is 0 Å². The van der Waals surface area contributed by atoms with Crippen molar-refractivity contribution >= 4 is 71.4 Å². The number of anilines is 1. The van der Waals surface area contributed by atoms with Gasteiger partial charge in [-0.2, -0.15) is 0 Å². The predicted octanol–water partition coefficient (Wildman–Crippen LogP) is 10.5. The van der Waals surface area contributed by atoms with Crippen LogP contribution in [-0.4, -0.2) is 18.2 Å². The number of hydrogen-bond donors (Lipinski definition) is 1. The van der Waals surface area contributed by atoms with Gasteiger partial charge in [-0.15, -0.1) is 0 Å². The Labute approximate surface area is 224 Å². The number of nitrogens with one attached hydrogen (secondary N) is 1. The van der Waals surface area contributed by atoms with Crippen molar-refractivity contribution in [2.24, 2.45) is 0 Å². The van der Waals surface area contributed by atoms with Gasteiger partial charge in [0.15, 0.2) is 0 Å². The van der Waals surface area contributed by atoms with Crippen molar-refractivity contribution in [3.05, 3.63) is 21.9 Å². The molecule has 1 N–H and O–H groups in total. The first kappa shape index (κ1) is 31.6. The van der Waals surface area contributed by atoms with E-state index in [-0.39, 0.29) is 34.6 Å². The summed E-state index contributed by atoms with van der Waals surface area (Å²) in [4.78, 5) is 3.99. The third-order valence-electron chi connectivity index (χ3n) is 5.01. The van der Waals surface area contributed by atoms with Crippen LogP contribution in [-0.2, 0) is 17.4 Å². The zero-order valence-electron chi connectivity index (χ0n) is 19.5. The number of aromatic nitrogens is 1. The van der Waals surface area contributed by atoms with Crippen LogP contribution in [0.15, 0.2) is 6.20 Å². The molecule has 5 nitrogen and oxygen atoms in total. The van der Waals surface area contributed by atoms with Crippen molar-refractivity contribution in [3.8, 4) is 0 Å². The van der Waals surface area contributed by atoms with Crippen molar-refractivity contribution in [2.75, 3.05) is 18.3 Å².